The molecule has 2 N–H and O–H groups in total. The lowest BCUT2D eigenvalue weighted by Gasteiger charge is -2.17. The summed E-state index contributed by atoms with van der Waals surface area (Å²) in [6.07, 6.45) is 2.59. The van der Waals surface area contributed by atoms with Crippen molar-refractivity contribution >= 4 is 33.3 Å². The molecule has 0 amide bonds. The molecule has 1 aromatic carbocycles. The summed E-state index contributed by atoms with van der Waals surface area (Å²) >= 11 is 6.45. The molecule has 138 valence electrons. The van der Waals surface area contributed by atoms with Crippen LogP contribution in [0.15, 0.2) is 29.2 Å². The second-order valence-corrected chi connectivity index (χ2v) is 7.57. The van der Waals surface area contributed by atoms with Crippen LogP contribution in [0.4, 0.5) is 0 Å². The van der Waals surface area contributed by atoms with Gasteiger partial charge in [-0.1, -0.05) is 18.5 Å². The Bertz CT molecular complexity index is 1030. The topological polar surface area (TPSA) is 70.1 Å². The van der Waals surface area contributed by atoms with E-state index in [2.05, 4.69) is 11.9 Å². The second kappa shape index (κ2) is 7.25. The normalized spacial score (nSPS) is 13.9. The third-order valence-electron chi connectivity index (χ3n) is 4.58. The van der Waals surface area contributed by atoms with Crippen LogP contribution in [0.5, 0.6) is 5.75 Å². The number of fused-ring (bicyclic) bond motifs is 3. The van der Waals surface area contributed by atoms with E-state index in [9.17, 15) is 4.79 Å². The minimum atomic E-state index is -0.0942. The van der Waals surface area contributed by atoms with E-state index in [1.165, 1.54) is 0 Å². The van der Waals surface area contributed by atoms with Crippen molar-refractivity contribution in [2.75, 3.05) is 6.61 Å². The van der Waals surface area contributed by atoms with Crippen molar-refractivity contribution in [2.24, 2.45) is 18.7 Å². The van der Waals surface area contributed by atoms with Gasteiger partial charge in [0.2, 0.25) is 0 Å². The predicted molar refractivity (Wildman–Crippen MR) is 107 cm³/mol. The number of aryl methyl sites for hydroxylation is 2. The standard InChI is InChI=1S/C20H24ClN3O2/c1-11(5-12(2)22)10-26-19-8-16-14(7-17(19)21)15-6-13(3)23-9-18(15)24(4)20(16)25/h6-9,11-12H,5,10,22H2,1-4H3. The zero-order valence-corrected chi connectivity index (χ0v) is 16.3. The first-order valence-corrected chi connectivity index (χ1v) is 9.12. The van der Waals surface area contributed by atoms with Gasteiger partial charge in [0.25, 0.3) is 5.56 Å². The predicted octanol–water partition coefficient (Wildman–Crippen LogP) is 3.80. The van der Waals surface area contributed by atoms with Crippen LogP contribution in [0.3, 0.4) is 0 Å². The Balaban J connectivity index is 2.09. The van der Waals surface area contributed by atoms with Crippen molar-refractivity contribution in [3.8, 4) is 5.75 Å². The van der Waals surface area contributed by atoms with Crippen LogP contribution in [-0.4, -0.2) is 22.2 Å². The molecule has 0 saturated carbocycles. The fraction of sp³-hybridized carbons (Fsp3) is 0.400. The van der Waals surface area contributed by atoms with Gasteiger partial charge in [0, 0.05) is 24.2 Å². The van der Waals surface area contributed by atoms with Crippen molar-refractivity contribution in [1.29, 1.82) is 0 Å². The smallest absolute Gasteiger partial charge is 0.258 e. The molecule has 0 bridgehead atoms. The Hall–Kier alpha value is -2.11. The monoisotopic (exact) mass is 373 g/mol. The van der Waals surface area contributed by atoms with Crippen molar-refractivity contribution in [1.82, 2.24) is 9.55 Å². The lowest BCUT2D eigenvalue weighted by Crippen LogP contribution is -2.21. The summed E-state index contributed by atoms with van der Waals surface area (Å²) in [7, 11) is 1.75. The largest absolute Gasteiger partial charge is 0.492 e. The zero-order chi connectivity index (χ0) is 19.0. The molecule has 26 heavy (non-hydrogen) atoms. The molecular formula is C20H24ClN3O2. The first-order valence-electron chi connectivity index (χ1n) is 8.75. The van der Waals surface area contributed by atoms with Crippen molar-refractivity contribution < 1.29 is 4.74 Å². The lowest BCUT2D eigenvalue weighted by atomic mass is 10.0. The minimum absolute atomic E-state index is 0.0942. The molecule has 0 aliphatic rings. The molecule has 6 heteroatoms. The summed E-state index contributed by atoms with van der Waals surface area (Å²) < 4.78 is 7.50. The van der Waals surface area contributed by atoms with E-state index in [0.717, 1.165) is 28.4 Å². The lowest BCUT2D eigenvalue weighted by molar-refractivity contribution is 0.247. The number of nitrogens with two attached hydrogens (primary N) is 1. The Kier molecular flexibility index (Phi) is 5.21. The molecule has 0 aliphatic carbocycles. The Labute approximate surface area is 157 Å². The number of ether oxygens (including phenoxy) is 1. The summed E-state index contributed by atoms with van der Waals surface area (Å²) in [6, 6.07) is 5.65. The summed E-state index contributed by atoms with van der Waals surface area (Å²) in [5.41, 5.74) is 7.41. The van der Waals surface area contributed by atoms with E-state index in [4.69, 9.17) is 22.1 Å². The first kappa shape index (κ1) is 18.7. The van der Waals surface area contributed by atoms with E-state index in [1.54, 1.807) is 23.9 Å². The van der Waals surface area contributed by atoms with Gasteiger partial charge in [0.15, 0.2) is 0 Å². The van der Waals surface area contributed by atoms with E-state index >= 15 is 0 Å². The molecule has 0 fully saturated rings. The Morgan fingerprint density at radius 2 is 1.96 bits per heavy atom. The molecule has 3 rings (SSSR count). The van der Waals surface area contributed by atoms with E-state index in [1.807, 2.05) is 26.0 Å². The van der Waals surface area contributed by atoms with Gasteiger partial charge in [-0.3, -0.25) is 9.78 Å². The Morgan fingerprint density at radius 1 is 1.23 bits per heavy atom. The number of aromatic nitrogens is 2. The summed E-state index contributed by atoms with van der Waals surface area (Å²) in [4.78, 5) is 17.1. The molecule has 0 spiro atoms. The van der Waals surface area contributed by atoms with Gasteiger partial charge in [-0.15, -0.1) is 0 Å². The van der Waals surface area contributed by atoms with Gasteiger partial charge in [-0.05, 0) is 49.8 Å². The molecule has 2 unspecified atom stereocenters. The van der Waals surface area contributed by atoms with Crippen LogP contribution in [0, 0.1) is 12.8 Å². The molecule has 2 aromatic heterocycles. The maximum Gasteiger partial charge on any atom is 0.258 e. The zero-order valence-electron chi connectivity index (χ0n) is 15.5. The van der Waals surface area contributed by atoms with E-state index < -0.39 is 0 Å². The second-order valence-electron chi connectivity index (χ2n) is 7.16. The van der Waals surface area contributed by atoms with Crippen molar-refractivity contribution in [2.45, 2.75) is 33.2 Å². The van der Waals surface area contributed by atoms with Gasteiger partial charge in [0.1, 0.15) is 5.75 Å². The van der Waals surface area contributed by atoms with Gasteiger partial charge >= 0.3 is 0 Å². The Morgan fingerprint density at radius 3 is 2.65 bits per heavy atom. The minimum Gasteiger partial charge on any atom is -0.492 e. The van der Waals surface area contributed by atoms with Crippen LogP contribution < -0.4 is 16.0 Å². The fourth-order valence-corrected chi connectivity index (χ4v) is 3.54. The molecule has 3 aromatic rings. The number of pyridine rings is 2. The molecule has 0 aliphatic heterocycles. The van der Waals surface area contributed by atoms with Gasteiger partial charge in [-0.2, -0.15) is 0 Å². The average molecular weight is 374 g/mol. The van der Waals surface area contributed by atoms with Crippen LogP contribution in [-0.2, 0) is 7.05 Å². The third kappa shape index (κ3) is 3.55. The van der Waals surface area contributed by atoms with Crippen molar-refractivity contribution in [3.05, 3.63) is 45.5 Å². The van der Waals surface area contributed by atoms with Crippen LogP contribution in [0.25, 0.3) is 21.7 Å². The molecule has 2 atom stereocenters. The summed E-state index contributed by atoms with van der Waals surface area (Å²) in [5.74, 6) is 0.827. The molecule has 2 heterocycles. The number of benzene rings is 1. The fourth-order valence-electron chi connectivity index (χ4n) is 3.32. The highest BCUT2D eigenvalue weighted by atomic mass is 35.5. The van der Waals surface area contributed by atoms with Crippen LogP contribution in [0.1, 0.15) is 26.0 Å². The van der Waals surface area contributed by atoms with Crippen molar-refractivity contribution in [3.63, 3.8) is 0 Å². The molecule has 0 radical (unpaired) electrons. The molecule has 0 saturated heterocycles. The number of halogens is 1. The molecular weight excluding hydrogens is 350 g/mol. The van der Waals surface area contributed by atoms with E-state index in [0.29, 0.717) is 28.7 Å². The quantitative estimate of drug-likeness (QED) is 0.690. The maximum atomic E-state index is 12.8. The highest BCUT2D eigenvalue weighted by molar-refractivity contribution is 6.33. The maximum absolute atomic E-state index is 12.8. The van der Waals surface area contributed by atoms with Crippen LogP contribution in [0.2, 0.25) is 5.02 Å². The van der Waals surface area contributed by atoms with E-state index in [-0.39, 0.29) is 11.6 Å². The van der Waals surface area contributed by atoms with Gasteiger partial charge in [-0.25, -0.2) is 0 Å². The molecule has 5 nitrogen and oxygen atoms in total. The summed E-state index contributed by atoms with van der Waals surface area (Å²) in [5, 5.41) is 2.85. The number of hydrogen-bond donors (Lipinski definition) is 1. The van der Waals surface area contributed by atoms with Gasteiger partial charge in [0.05, 0.1) is 28.7 Å². The average Bonchev–Trinajstić information content (AvgIpc) is 2.57. The number of rotatable bonds is 5. The number of hydrogen-bond acceptors (Lipinski definition) is 4. The highest BCUT2D eigenvalue weighted by Crippen LogP contribution is 2.32. The highest BCUT2D eigenvalue weighted by Gasteiger charge is 2.14. The first-order chi connectivity index (χ1) is 12.3. The summed E-state index contributed by atoms with van der Waals surface area (Å²) in [6.45, 7) is 6.49. The third-order valence-corrected chi connectivity index (χ3v) is 4.87. The van der Waals surface area contributed by atoms with Crippen LogP contribution >= 0.6 is 11.6 Å². The van der Waals surface area contributed by atoms with Gasteiger partial charge < -0.3 is 15.0 Å². The number of nitrogens with zero attached hydrogens (tertiary/aromatic N) is 2. The SMILES string of the molecule is Cc1cc2c3cc(Cl)c(OCC(C)CC(C)N)cc3c(=O)n(C)c2cn1.